The quantitative estimate of drug-likeness (QED) is 0.565. The lowest BCUT2D eigenvalue weighted by Crippen LogP contribution is -2.20. The van der Waals surface area contributed by atoms with Gasteiger partial charge in [-0.2, -0.15) is 0 Å². The number of carbonyl (C=O) groups excluding carboxylic acids is 1. The minimum absolute atomic E-state index is 0.0681. The molecule has 1 atom stereocenters. The van der Waals surface area contributed by atoms with E-state index in [1.165, 1.54) is 0 Å². The predicted molar refractivity (Wildman–Crippen MR) is 39.5 cm³/mol. The molecule has 0 spiro atoms. The van der Waals surface area contributed by atoms with Gasteiger partial charge in [-0.1, -0.05) is 0 Å². The molecule has 70 valence electrons. The Hall–Kier alpha value is -1.10. The summed E-state index contributed by atoms with van der Waals surface area (Å²) in [5, 5.41) is 17.0. The van der Waals surface area contributed by atoms with E-state index >= 15 is 0 Å². The number of carbonyl (C=O) groups is 2. The SMILES string of the molecule is CCOC(=O)CCC(O)C(=O)O. The predicted octanol–water partition coefficient (Wildman–Crippen LogP) is -0.225. The van der Waals surface area contributed by atoms with Gasteiger partial charge in [-0.3, -0.25) is 4.79 Å². The molecule has 0 aromatic heterocycles. The van der Waals surface area contributed by atoms with Crippen LogP contribution in [0, 0.1) is 0 Å². The number of aliphatic carboxylic acids is 1. The number of hydrogen-bond acceptors (Lipinski definition) is 4. The maximum absolute atomic E-state index is 10.6. The minimum atomic E-state index is -1.48. The molecule has 0 aromatic rings. The molecule has 5 heteroatoms. The van der Waals surface area contributed by atoms with Crippen molar-refractivity contribution in [3.05, 3.63) is 0 Å². The van der Waals surface area contributed by atoms with Gasteiger partial charge < -0.3 is 14.9 Å². The van der Waals surface area contributed by atoms with Crippen LogP contribution in [0.4, 0.5) is 0 Å². The van der Waals surface area contributed by atoms with Crippen LogP contribution in [0.2, 0.25) is 0 Å². The lowest BCUT2D eigenvalue weighted by molar-refractivity contribution is -0.148. The standard InChI is InChI=1S/C7H12O5/c1-2-12-6(9)4-3-5(8)7(10)11/h5,8H,2-4H2,1H3,(H,10,11). The summed E-state index contributed by atoms with van der Waals surface area (Å²) in [5.41, 5.74) is 0. The highest BCUT2D eigenvalue weighted by Gasteiger charge is 2.14. The summed E-state index contributed by atoms with van der Waals surface area (Å²) < 4.78 is 4.53. The van der Waals surface area contributed by atoms with Crippen molar-refractivity contribution >= 4 is 11.9 Å². The van der Waals surface area contributed by atoms with Crippen molar-refractivity contribution in [1.29, 1.82) is 0 Å². The van der Waals surface area contributed by atoms with Crippen LogP contribution >= 0.6 is 0 Å². The molecule has 12 heavy (non-hydrogen) atoms. The third-order valence-electron chi connectivity index (χ3n) is 1.21. The fraction of sp³-hybridized carbons (Fsp3) is 0.714. The number of aliphatic hydroxyl groups excluding tert-OH is 1. The van der Waals surface area contributed by atoms with Crippen molar-refractivity contribution < 1.29 is 24.5 Å². The number of rotatable bonds is 5. The fourth-order valence-corrected chi connectivity index (χ4v) is 0.611. The normalized spacial score (nSPS) is 12.2. The molecule has 0 fully saturated rings. The van der Waals surface area contributed by atoms with Gasteiger partial charge in [0.25, 0.3) is 0 Å². The molecular formula is C7H12O5. The monoisotopic (exact) mass is 176 g/mol. The second kappa shape index (κ2) is 5.54. The molecule has 0 saturated carbocycles. The van der Waals surface area contributed by atoms with Gasteiger partial charge in [-0.25, -0.2) is 4.79 Å². The van der Waals surface area contributed by atoms with E-state index in [1.54, 1.807) is 6.92 Å². The number of hydrogen-bond donors (Lipinski definition) is 2. The van der Waals surface area contributed by atoms with E-state index in [0.29, 0.717) is 0 Å². The van der Waals surface area contributed by atoms with E-state index in [-0.39, 0.29) is 19.4 Å². The average molecular weight is 176 g/mol. The lowest BCUT2D eigenvalue weighted by atomic mass is 10.2. The Morgan fingerprint density at radius 1 is 1.50 bits per heavy atom. The van der Waals surface area contributed by atoms with Gasteiger partial charge in [0.2, 0.25) is 0 Å². The zero-order valence-corrected chi connectivity index (χ0v) is 6.82. The maximum Gasteiger partial charge on any atom is 0.332 e. The van der Waals surface area contributed by atoms with Crippen LogP contribution in [-0.4, -0.2) is 34.9 Å². The Morgan fingerprint density at radius 3 is 2.50 bits per heavy atom. The first-order chi connectivity index (χ1) is 5.57. The third-order valence-corrected chi connectivity index (χ3v) is 1.21. The van der Waals surface area contributed by atoms with Gasteiger partial charge >= 0.3 is 11.9 Å². The number of esters is 1. The van der Waals surface area contributed by atoms with E-state index in [4.69, 9.17) is 10.2 Å². The Morgan fingerprint density at radius 2 is 2.08 bits per heavy atom. The van der Waals surface area contributed by atoms with Crippen molar-refractivity contribution in [3.63, 3.8) is 0 Å². The topological polar surface area (TPSA) is 83.8 Å². The van der Waals surface area contributed by atoms with Crippen LogP contribution in [0.15, 0.2) is 0 Å². The van der Waals surface area contributed by atoms with Crippen molar-refractivity contribution in [3.8, 4) is 0 Å². The average Bonchev–Trinajstić information content (AvgIpc) is 2.00. The lowest BCUT2D eigenvalue weighted by Gasteiger charge is -2.04. The third kappa shape index (κ3) is 4.68. The zero-order valence-electron chi connectivity index (χ0n) is 6.82. The smallest absolute Gasteiger partial charge is 0.332 e. The van der Waals surface area contributed by atoms with Crippen LogP contribution in [0.1, 0.15) is 19.8 Å². The van der Waals surface area contributed by atoms with E-state index in [9.17, 15) is 9.59 Å². The summed E-state index contributed by atoms with van der Waals surface area (Å²) in [5.74, 6) is -1.81. The molecule has 0 radical (unpaired) electrons. The van der Waals surface area contributed by atoms with Crippen molar-refractivity contribution in [1.82, 2.24) is 0 Å². The number of aliphatic hydroxyl groups is 1. The second-order valence-corrected chi connectivity index (χ2v) is 2.20. The Bertz CT molecular complexity index is 165. The van der Waals surface area contributed by atoms with Crippen LogP contribution in [0.3, 0.4) is 0 Å². The number of carboxylic acids is 1. The number of carboxylic acid groups (broad SMARTS) is 1. The molecule has 0 rings (SSSR count). The van der Waals surface area contributed by atoms with Gasteiger partial charge in [-0.15, -0.1) is 0 Å². The molecule has 0 aliphatic heterocycles. The first kappa shape index (κ1) is 10.9. The Balaban J connectivity index is 3.54. The molecule has 0 bridgehead atoms. The van der Waals surface area contributed by atoms with Crippen LogP contribution in [0.5, 0.6) is 0 Å². The van der Waals surface area contributed by atoms with Crippen LogP contribution < -0.4 is 0 Å². The van der Waals surface area contributed by atoms with Crippen LogP contribution in [0.25, 0.3) is 0 Å². The first-order valence-electron chi connectivity index (χ1n) is 3.64. The largest absolute Gasteiger partial charge is 0.479 e. The van der Waals surface area contributed by atoms with Crippen molar-refractivity contribution in [2.24, 2.45) is 0 Å². The Kier molecular flexibility index (Phi) is 5.03. The van der Waals surface area contributed by atoms with E-state index in [1.807, 2.05) is 0 Å². The summed E-state index contributed by atoms with van der Waals surface area (Å²) in [4.78, 5) is 20.7. The van der Waals surface area contributed by atoms with Gasteiger partial charge in [-0.05, 0) is 13.3 Å². The summed E-state index contributed by atoms with van der Waals surface area (Å²) >= 11 is 0. The molecule has 0 heterocycles. The van der Waals surface area contributed by atoms with E-state index < -0.39 is 18.0 Å². The first-order valence-corrected chi connectivity index (χ1v) is 3.64. The second-order valence-electron chi connectivity index (χ2n) is 2.20. The van der Waals surface area contributed by atoms with Gasteiger partial charge in [0.15, 0.2) is 6.10 Å². The summed E-state index contributed by atoms with van der Waals surface area (Å²) in [6.45, 7) is 1.92. The molecule has 2 N–H and O–H groups in total. The molecule has 5 nitrogen and oxygen atoms in total. The van der Waals surface area contributed by atoms with Crippen molar-refractivity contribution in [2.75, 3.05) is 6.61 Å². The molecule has 0 amide bonds. The zero-order chi connectivity index (χ0) is 9.56. The van der Waals surface area contributed by atoms with Gasteiger partial charge in [0.05, 0.1) is 6.61 Å². The van der Waals surface area contributed by atoms with Crippen LogP contribution in [-0.2, 0) is 14.3 Å². The molecule has 1 unspecified atom stereocenters. The summed E-state index contributed by atoms with van der Waals surface area (Å²) in [6.07, 6.45) is -1.65. The summed E-state index contributed by atoms with van der Waals surface area (Å²) in [7, 11) is 0. The molecular weight excluding hydrogens is 164 g/mol. The molecule has 0 aliphatic rings. The fourth-order valence-electron chi connectivity index (χ4n) is 0.611. The number of ether oxygens (including phenoxy) is 1. The molecule has 0 saturated heterocycles. The minimum Gasteiger partial charge on any atom is -0.479 e. The maximum atomic E-state index is 10.6. The highest BCUT2D eigenvalue weighted by atomic mass is 16.5. The van der Waals surface area contributed by atoms with E-state index in [0.717, 1.165) is 0 Å². The van der Waals surface area contributed by atoms with E-state index in [2.05, 4.69) is 4.74 Å². The summed E-state index contributed by atoms with van der Waals surface area (Å²) in [6, 6.07) is 0. The van der Waals surface area contributed by atoms with Gasteiger partial charge in [0.1, 0.15) is 0 Å². The molecule has 0 aliphatic carbocycles. The highest BCUT2D eigenvalue weighted by Crippen LogP contribution is 1.98. The highest BCUT2D eigenvalue weighted by molar-refractivity contribution is 5.74. The Labute approximate surface area is 70.0 Å². The van der Waals surface area contributed by atoms with Crippen molar-refractivity contribution in [2.45, 2.75) is 25.9 Å². The molecule has 0 aromatic carbocycles. The van der Waals surface area contributed by atoms with Gasteiger partial charge in [0, 0.05) is 6.42 Å².